The second kappa shape index (κ2) is 12.4. The zero-order valence-corrected chi connectivity index (χ0v) is 26.8. The summed E-state index contributed by atoms with van der Waals surface area (Å²) in [6.07, 6.45) is 6.30. The van der Waals surface area contributed by atoms with Crippen molar-refractivity contribution in [2.45, 2.75) is 31.7 Å². The Balaban J connectivity index is 0.947. The highest BCUT2D eigenvalue weighted by molar-refractivity contribution is 6.23. The van der Waals surface area contributed by atoms with Gasteiger partial charge in [-0.15, -0.1) is 0 Å². The highest BCUT2D eigenvalue weighted by Gasteiger charge is 2.44. The zero-order chi connectivity index (χ0) is 32.8. The number of piperidine rings is 2. The van der Waals surface area contributed by atoms with Gasteiger partial charge in [-0.25, -0.2) is 0 Å². The average Bonchev–Trinajstić information content (AvgIpc) is 3.61. The number of methoxy groups -OCH3 is 1. The van der Waals surface area contributed by atoms with Crippen molar-refractivity contribution < 1.29 is 23.9 Å². The molecule has 4 amide bonds. The van der Waals surface area contributed by atoms with Gasteiger partial charge in [-0.05, 0) is 49.4 Å². The lowest BCUT2D eigenvalue weighted by atomic mass is 9.94. The third-order valence-corrected chi connectivity index (χ3v) is 10.00. The van der Waals surface area contributed by atoms with E-state index >= 15 is 0 Å². The molecule has 4 aliphatic rings. The van der Waals surface area contributed by atoms with Gasteiger partial charge in [-0.1, -0.05) is 0 Å². The zero-order valence-electron chi connectivity index (χ0n) is 26.8. The highest BCUT2D eigenvalue weighted by atomic mass is 16.5. The second-order valence-electron chi connectivity index (χ2n) is 12.9. The van der Waals surface area contributed by atoms with Crippen molar-refractivity contribution in [3.63, 3.8) is 0 Å². The van der Waals surface area contributed by atoms with Gasteiger partial charge in [0.2, 0.25) is 11.8 Å². The standard InChI is InChI=1S/C34H40N8O5/c1-38-20-22(18-36-38)25-16-27(35)30(47-2)17-29(25)41-9-7-21(8-10-41)19-39-11-13-40(14-12-39)23-3-4-24-26(15-23)34(46)42(33(24)45)28-5-6-31(43)37-32(28)44/h3-4,15-18,20-21,28H,5-14,19,35H2,1-2H3,(H,37,43,44). The molecule has 1 unspecified atom stereocenters. The lowest BCUT2D eigenvalue weighted by molar-refractivity contribution is -0.136. The van der Waals surface area contributed by atoms with E-state index in [1.54, 1.807) is 23.9 Å². The van der Waals surface area contributed by atoms with E-state index in [0.717, 1.165) is 86.1 Å². The number of amides is 4. The minimum atomic E-state index is -0.962. The maximum atomic E-state index is 13.3. The van der Waals surface area contributed by atoms with Crippen LogP contribution in [0.1, 0.15) is 46.4 Å². The van der Waals surface area contributed by atoms with Crippen LogP contribution in [-0.4, -0.2) is 102 Å². The Morgan fingerprint density at radius 2 is 1.64 bits per heavy atom. The summed E-state index contributed by atoms with van der Waals surface area (Å²) in [5, 5.41) is 6.61. The van der Waals surface area contributed by atoms with Gasteiger partial charge < -0.3 is 20.3 Å². The summed E-state index contributed by atoms with van der Waals surface area (Å²) in [4.78, 5) is 58.6. The smallest absolute Gasteiger partial charge is 0.262 e. The largest absolute Gasteiger partial charge is 0.495 e. The molecule has 0 aliphatic carbocycles. The number of nitrogens with zero attached hydrogens (tertiary/aromatic N) is 6. The van der Waals surface area contributed by atoms with Gasteiger partial charge in [0.15, 0.2) is 0 Å². The molecule has 3 N–H and O–H groups in total. The van der Waals surface area contributed by atoms with E-state index in [1.807, 2.05) is 37.6 Å². The number of aryl methyl sites for hydroxylation is 1. The Labute approximate surface area is 273 Å². The minimum absolute atomic E-state index is 0.101. The summed E-state index contributed by atoms with van der Waals surface area (Å²) >= 11 is 0. The van der Waals surface area contributed by atoms with E-state index in [-0.39, 0.29) is 18.7 Å². The molecule has 0 spiro atoms. The molecular weight excluding hydrogens is 600 g/mol. The summed E-state index contributed by atoms with van der Waals surface area (Å²) in [6, 6.07) is 8.42. The predicted molar refractivity (Wildman–Crippen MR) is 176 cm³/mol. The SMILES string of the molecule is COc1cc(N2CCC(CN3CCN(c4ccc5c(c4)C(=O)N(C4CCC(=O)NC4=O)C5=O)CC3)CC2)c(-c2cnn(C)c2)cc1N. The molecule has 3 fully saturated rings. The maximum absolute atomic E-state index is 13.3. The number of ether oxygens (including phenoxy) is 1. The van der Waals surface area contributed by atoms with Crippen LogP contribution in [0.25, 0.3) is 11.1 Å². The van der Waals surface area contributed by atoms with Crippen LogP contribution in [0.2, 0.25) is 0 Å². The molecule has 0 radical (unpaired) electrons. The Morgan fingerprint density at radius 1 is 0.894 bits per heavy atom. The van der Waals surface area contributed by atoms with Gasteiger partial charge in [-0.3, -0.25) is 39.0 Å². The summed E-state index contributed by atoms with van der Waals surface area (Å²) in [7, 11) is 3.56. The third kappa shape index (κ3) is 5.79. The molecule has 3 saturated heterocycles. The van der Waals surface area contributed by atoms with Crippen molar-refractivity contribution >= 4 is 40.7 Å². The fraction of sp³-hybridized carbons (Fsp3) is 0.441. The van der Waals surface area contributed by atoms with Crippen LogP contribution in [0, 0.1) is 5.92 Å². The first-order valence-electron chi connectivity index (χ1n) is 16.2. The van der Waals surface area contributed by atoms with Crippen LogP contribution in [-0.2, 0) is 16.6 Å². The molecule has 5 heterocycles. The molecule has 1 aromatic heterocycles. The summed E-state index contributed by atoms with van der Waals surface area (Å²) in [5.74, 6) is -0.667. The van der Waals surface area contributed by atoms with E-state index in [2.05, 4.69) is 25.1 Å². The Morgan fingerprint density at radius 3 is 2.32 bits per heavy atom. The van der Waals surface area contributed by atoms with Crippen molar-refractivity contribution in [1.29, 1.82) is 0 Å². The molecular formula is C34H40N8O5. The lowest BCUT2D eigenvalue weighted by Crippen LogP contribution is -2.54. The number of aromatic nitrogens is 2. The van der Waals surface area contributed by atoms with Gasteiger partial charge in [-0.2, -0.15) is 5.10 Å². The van der Waals surface area contributed by atoms with E-state index in [9.17, 15) is 19.2 Å². The number of nitrogen functional groups attached to an aromatic ring is 1. The number of nitrogens with two attached hydrogens (primary N) is 1. The summed E-state index contributed by atoms with van der Waals surface area (Å²) in [6.45, 7) is 6.39. The third-order valence-electron chi connectivity index (χ3n) is 10.00. The number of fused-ring (bicyclic) bond motifs is 1. The molecule has 4 aliphatic heterocycles. The van der Waals surface area contributed by atoms with Crippen molar-refractivity contribution in [2.24, 2.45) is 13.0 Å². The average molecular weight is 641 g/mol. The number of benzene rings is 2. The molecule has 3 aromatic rings. The van der Waals surface area contributed by atoms with E-state index in [0.29, 0.717) is 28.5 Å². The minimum Gasteiger partial charge on any atom is -0.495 e. The number of rotatable bonds is 7. The van der Waals surface area contributed by atoms with Gasteiger partial charge in [0.25, 0.3) is 11.8 Å². The van der Waals surface area contributed by atoms with Crippen LogP contribution in [0.5, 0.6) is 5.75 Å². The summed E-state index contributed by atoms with van der Waals surface area (Å²) in [5.41, 5.74) is 11.6. The quantitative estimate of drug-likeness (QED) is 0.291. The number of piperazine rings is 1. The van der Waals surface area contributed by atoms with Crippen molar-refractivity contribution in [1.82, 2.24) is 24.9 Å². The molecule has 0 saturated carbocycles. The first-order valence-corrected chi connectivity index (χ1v) is 16.2. The number of imide groups is 2. The Kier molecular flexibility index (Phi) is 8.08. The van der Waals surface area contributed by atoms with Crippen LogP contribution < -0.4 is 25.6 Å². The molecule has 0 bridgehead atoms. The lowest BCUT2D eigenvalue weighted by Gasteiger charge is -2.40. The van der Waals surface area contributed by atoms with E-state index in [4.69, 9.17) is 10.5 Å². The van der Waals surface area contributed by atoms with Gasteiger partial charge >= 0.3 is 0 Å². The molecule has 13 heteroatoms. The van der Waals surface area contributed by atoms with Gasteiger partial charge in [0, 0.05) is 94.0 Å². The van der Waals surface area contributed by atoms with Gasteiger partial charge in [0.05, 0.1) is 30.1 Å². The molecule has 47 heavy (non-hydrogen) atoms. The predicted octanol–water partition coefficient (Wildman–Crippen LogP) is 2.12. The van der Waals surface area contributed by atoms with Crippen LogP contribution in [0.4, 0.5) is 17.1 Å². The molecule has 13 nitrogen and oxygen atoms in total. The second-order valence-corrected chi connectivity index (χ2v) is 12.9. The monoisotopic (exact) mass is 640 g/mol. The van der Waals surface area contributed by atoms with Crippen LogP contribution in [0.15, 0.2) is 42.7 Å². The first-order chi connectivity index (χ1) is 22.7. The first kappa shape index (κ1) is 30.7. The molecule has 1 atom stereocenters. The fourth-order valence-corrected chi connectivity index (χ4v) is 7.38. The van der Waals surface area contributed by atoms with Crippen molar-refractivity contribution in [3.05, 3.63) is 53.9 Å². The normalized spacial score (nSPS) is 21.0. The number of anilines is 3. The maximum Gasteiger partial charge on any atom is 0.262 e. The summed E-state index contributed by atoms with van der Waals surface area (Å²) < 4.78 is 7.36. The van der Waals surface area contributed by atoms with Crippen LogP contribution in [0.3, 0.4) is 0 Å². The van der Waals surface area contributed by atoms with E-state index in [1.165, 1.54) is 0 Å². The molecule has 2 aromatic carbocycles. The molecule has 246 valence electrons. The fourth-order valence-electron chi connectivity index (χ4n) is 7.38. The van der Waals surface area contributed by atoms with Crippen molar-refractivity contribution in [2.75, 3.05) is 68.5 Å². The Hall–Kier alpha value is -4.91. The van der Waals surface area contributed by atoms with Crippen LogP contribution >= 0.6 is 0 Å². The Bertz CT molecular complexity index is 1740. The highest BCUT2D eigenvalue weighted by Crippen LogP contribution is 2.39. The number of hydrogen-bond acceptors (Lipinski definition) is 10. The molecule has 7 rings (SSSR count). The van der Waals surface area contributed by atoms with Gasteiger partial charge in [0.1, 0.15) is 11.8 Å². The number of hydrogen-bond donors (Lipinski definition) is 2. The topological polar surface area (TPSA) is 146 Å². The van der Waals surface area contributed by atoms with Crippen molar-refractivity contribution in [3.8, 4) is 16.9 Å². The van der Waals surface area contributed by atoms with E-state index < -0.39 is 23.8 Å². The number of carbonyl (C=O) groups excluding carboxylic acids is 4. The number of carbonyl (C=O) groups is 4. The number of nitrogens with one attached hydrogen (secondary N) is 1.